The summed E-state index contributed by atoms with van der Waals surface area (Å²) in [5.74, 6) is -1.40. The van der Waals surface area contributed by atoms with Crippen LogP contribution in [0.25, 0.3) is 0 Å². The van der Waals surface area contributed by atoms with Crippen molar-refractivity contribution in [1.82, 2.24) is 15.5 Å². The molecule has 27 heavy (non-hydrogen) atoms. The minimum absolute atomic E-state index is 0.0953. The van der Waals surface area contributed by atoms with E-state index in [1.54, 1.807) is 0 Å². The molecule has 7 heteroatoms. The van der Waals surface area contributed by atoms with Crippen LogP contribution in [0.3, 0.4) is 0 Å². The molecule has 0 radical (unpaired) electrons. The molecular formula is C20H35N3O4. The summed E-state index contributed by atoms with van der Waals surface area (Å²) in [6, 6.07) is -1.97. The Balaban J connectivity index is 2.12. The number of aliphatic carboxylic acids is 1. The Labute approximate surface area is 162 Å². The van der Waals surface area contributed by atoms with Gasteiger partial charge in [0.1, 0.15) is 12.1 Å². The van der Waals surface area contributed by atoms with Gasteiger partial charge in [0.25, 0.3) is 0 Å². The number of carboxylic acids is 1. The van der Waals surface area contributed by atoms with Crippen molar-refractivity contribution in [2.75, 3.05) is 6.54 Å². The van der Waals surface area contributed by atoms with Crippen LogP contribution in [0.15, 0.2) is 0 Å². The van der Waals surface area contributed by atoms with Gasteiger partial charge in [-0.2, -0.15) is 0 Å². The molecular weight excluding hydrogens is 346 g/mol. The molecule has 0 bridgehead atoms. The van der Waals surface area contributed by atoms with E-state index in [0.29, 0.717) is 13.0 Å². The number of hydrogen-bond acceptors (Lipinski definition) is 3. The van der Waals surface area contributed by atoms with Crippen molar-refractivity contribution in [3.05, 3.63) is 0 Å². The fourth-order valence-corrected chi connectivity index (χ4v) is 4.28. The first kappa shape index (κ1) is 21.5. The van der Waals surface area contributed by atoms with Crippen LogP contribution in [0.5, 0.6) is 0 Å². The van der Waals surface area contributed by atoms with E-state index in [9.17, 15) is 19.5 Å². The van der Waals surface area contributed by atoms with Gasteiger partial charge in [-0.25, -0.2) is 9.59 Å². The maximum atomic E-state index is 13.2. The first-order valence-electron chi connectivity index (χ1n) is 10.1. The quantitative estimate of drug-likeness (QED) is 0.697. The third-order valence-corrected chi connectivity index (χ3v) is 6.00. The summed E-state index contributed by atoms with van der Waals surface area (Å²) in [7, 11) is 0. The van der Waals surface area contributed by atoms with E-state index in [2.05, 4.69) is 10.6 Å². The van der Waals surface area contributed by atoms with E-state index < -0.39 is 23.5 Å². The van der Waals surface area contributed by atoms with Crippen molar-refractivity contribution in [1.29, 1.82) is 0 Å². The number of carbonyl (C=O) groups is 3. The summed E-state index contributed by atoms with van der Waals surface area (Å²) in [5, 5.41) is 15.4. The highest BCUT2D eigenvalue weighted by atomic mass is 16.4. The van der Waals surface area contributed by atoms with Gasteiger partial charge in [0.2, 0.25) is 5.91 Å². The standard InChI is InChI=1S/C20H35N3O4/c1-13-9-12-23(14(13)17(25)26)16(24)15(19(2,3)4)21-18(27)22-20(5)10-7-6-8-11-20/h13-15H,6-12H2,1-5H3,(H,25,26)(H2,21,22,27)/t13-,14-,15+/m0/s1. The van der Waals surface area contributed by atoms with Crippen molar-refractivity contribution in [2.45, 2.75) is 90.8 Å². The fraction of sp³-hybridized carbons (Fsp3) is 0.850. The molecule has 0 aromatic carbocycles. The second kappa shape index (κ2) is 8.07. The minimum Gasteiger partial charge on any atom is -0.480 e. The van der Waals surface area contributed by atoms with Crippen LogP contribution in [0.2, 0.25) is 0 Å². The van der Waals surface area contributed by atoms with Gasteiger partial charge in [-0.05, 0) is 37.5 Å². The lowest BCUT2D eigenvalue weighted by atomic mass is 9.83. The SMILES string of the molecule is C[C@H]1CCN(C(=O)[C@@H](NC(=O)NC2(C)CCCCC2)C(C)(C)C)[C@@H]1C(=O)O. The number of rotatable bonds is 4. The number of carbonyl (C=O) groups excluding carboxylic acids is 2. The molecule has 2 fully saturated rings. The number of likely N-dealkylation sites (tertiary alicyclic amines) is 1. The molecule has 3 atom stereocenters. The van der Waals surface area contributed by atoms with Crippen LogP contribution in [-0.2, 0) is 9.59 Å². The lowest BCUT2D eigenvalue weighted by Crippen LogP contribution is -2.61. The molecule has 1 saturated heterocycles. The molecule has 1 aliphatic carbocycles. The van der Waals surface area contributed by atoms with E-state index in [-0.39, 0.29) is 23.4 Å². The van der Waals surface area contributed by atoms with Crippen LogP contribution in [-0.4, -0.2) is 52.1 Å². The Morgan fingerprint density at radius 3 is 2.26 bits per heavy atom. The number of nitrogens with zero attached hydrogens (tertiary/aromatic N) is 1. The van der Waals surface area contributed by atoms with Gasteiger partial charge in [0.05, 0.1) is 0 Å². The zero-order valence-electron chi connectivity index (χ0n) is 17.3. The molecule has 0 spiro atoms. The first-order valence-corrected chi connectivity index (χ1v) is 10.1. The van der Waals surface area contributed by atoms with Gasteiger partial charge in [0.15, 0.2) is 0 Å². The molecule has 7 nitrogen and oxygen atoms in total. The van der Waals surface area contributed by atoms with E-state index in [0.717, 1.165) is 25.7 Å². The van der Waals surface area contributed by atoms with E-state index in [1.807, 2.05) is 34.6 Å². The summed E-state index contributed by atoms with van der Waals surface area (Å²) >= 11 is 0. The van der Waals surface area contributed by atoms with Crippen LogP contribution >= 0.6 is 0 Å². The summed E-state index contributed by atoms with van der Waals surface area (Å²) in [5.41, 5.74) is -0.781. The second-order valence-electron chi connectivity index (χ2n) is 9.60. The summed E-state index contributed by atoms with van der Waals surface area (Å²) in [6.07, 6.45) is 5.88. The molecule has 2 rings (SSSR count). The largest absolute Gasteiger partial charge is 0.480 e. The summed E-state index contributed by atoms with van der Waals surface area (Å²) in [4.78, 5) is 38.9. The molecule has 0 aromatic rings. The number of carboxylic acid groups (broad SMARTS) is 1. The molecule has 1 heterocycles. The number of hydrogen-bond donors (Lipinski definition) is 3. The topological polar surface area (TPSA) is 98.7 Å². The van der Waals surface area contributed by atoms with Gasteiger partial charge >= 0.3 is 12.0 Å². The minimum atomic E-state index is -0.986. The smallest absolute Gasteiger partial charge is 0.326 e. The van der Waals surface area contributed by atoms with Crippen LogP contribution in [0.4, 0.5) is 4.79 Å². The van der Waals surface area contributed by atoms with Gasteiger partial charge in [-0.1, -0.05) is 47.0 Å². The van der Waals surface area contributed by atoms with Crippen molar-refractivity contribution >= 4 is 17.9 Å². The Bertz CT molecular complexity index is 578. The third kappa shape index (κ3) is 5.14. The molecule has 0 aromatic heterocycles. The van der Waals surface area contributed by atoms with E-state index in [1.165, 1.54) is 11.3 Å². The van der Waals surface area contributed by atoms with Crippen molar-refractivity contribution in [2.24, 2.45) is 11.3 Å². The number of nitrogens with one attached hydrogen (secondary N) is 2. The van der Waals surface area contributed by atoms with Crippen molar-refractivity contribution in [3.63, 3.8) is 0 Å². The van der Waals surface area contributed by atoms with E-state index in [4.69, 9.17) is 0 Å². The monoisotopic (exact) mass is 381 g/mol. The van der Waals surface area contributed by atoms with Crippen molar-refractivity contribution < 1.29 is 19.5 Å². The zero-order valence-corrected chi connectivity index (χ0v) is 17.3. The lowest BCUT2D eigenvalue weighted by molar-refractivity contribution is -0.151. The summed E-state index contributed by atoms with van der Waals surface area (Å²) in [6.45, 7) is 9.95. The molecule has 3 amide bonds. The predicted molar refractivity (Wildman–Crippen MR) is 103 cm³/mol. The van der Waals surface area contributed by atoms with Crippen molar-refractivity contribution in [3.8, 4) is 0 Å². The van der Waals surface area contributed by atoms with Crippen LogP contribution < -0.4 is 10.6 Å². The highest BCUT2D eigenvalue weighted by Crippen LogP contribution is 2.30. The maximum Gasteiger partial charge on any atom is 0.326 e. The third-order valence-electron chi connectivity index (χ3n) is 6.00. The van der Waals surface area contributed by atoms with E-state index >= 15 is 0 Å². The average Bonchev–Trinajstić information content (AvgIpc) is 2.93. The lowest BCUT2D eigenvalue weighted by Gasteiger charge is -2.38. The predicted octanol–water partition coefficient (Wildman–Crippen LogP) is 2.74. The van der Waals surface area contributed by atoms with Gasteiger partial charge < -0.3 is 20.6 Å². The molecule has 2 aliphatic rings. The number of amides is 3. The van der Waals surface area contributed by atoms with Crippen LogP contribution in [0.1, 0.15) is 73.1 Å². The molecule has 3 N–H and O–H groups in total. The molecule has 1 aliphatic heterocycles. The number of urea groups is 1. The van der Waals surface area contributed by atoms with Crippen LogP contribution in [0, 0.1) is 11.3 Å². The Morgan fingerprint density at radius 2 is 1.74 bits per heavy atom. The Kier molecular flexibility index (Phi) is 6.43. The molecule has 154 valence electrons. The normalized spacial score (nSPS) is 26.3. The van der Waals surface area contributed by atoms with Gasteiger partial charge in [-0.15, -0.1) is 0 Å². The second-order valence-corrected chi connectivity index (χ2v) is 9.60. The Morgan fingerprint density at radius 1 is 1.15 bits per heavy atom. The average molecular weight is 382 g/mol. The maximum absolute atomic E-state index is 13.2. The molecule has 1 saturated carbocycles. The highest BCUT2D eigenvalue weighted by Gasteiger charge is 2.45. The Hall–Kier alpha value is -1.79. The zero-order chi connectivity index (χ0) is 20.4. The fourth-order valence-electron chi connectivity index (χ4n) is 4.28. The molecule has 0 unspecified atom stereocenters. The van der Waals surface area contributed by atoms with Gasteiger partial charge in [-0.3, -0.25) is 4.79 Å². The highest BCUT2D eigenvalue weighted by molar-refractivity contribution is 5.91. The summed E-state index contributed by atoms with van der Waals surface area (Å²) < 4.78 is 0. The first-order chi connectivity index (χ1) is 12.4. The van der Waals surface area contributed by atoms with Gasteiger partial charge in [0, 0.05) is 12.1 Å².